The number of hydrogen-bond acceptors (Lipinski definition) is 1. The second-order valence-corrected chi connectivity index (χ2v) is 1.18. The van der Waals surface area contributed by atoms with E-state index in [1.54, 1.807) is 0 Å². The van der Waals surface area contributed by atoms with Crippen molar-refractivity contribution in [1.29, 1.82) is 0 Å². The summed E-state index contributed by atoms with van der Waals surface area (Å²) in [7, 11) is 0. The third kappa shape index (κ3) is 1.70. The van der Waals surface area contributed by atoms with E-state index in [4.69, 9.17) is 6.58 Å². The molecule has 0 aromatic heterocycles. The summed E-state index contributed by atoms with van der Waals surface area (Å²) >= 11 is 0. The van der Waals surface area contributed by atoms with Crippen LogP contribution >= 0.6 is 0 Å². The molecule has 1 heteroatoms. The van der Waals surface area contributed by atoms with Gasteiger partial charge in [-0.05, 0) is 20.4 Å². The SMILES string of the molecule is [C]=C(C)C(C)=O. The van der Waals surface area contributed by atoms with Gasteiger partial charge in [0, 0.05) is 5.57 Å². The third-order valence-electron chi connectivity index (χ3n) is 0.528. The highest BCUT2D eigenvalue weighted by molar-refractivity contribution is 5.91. The highest BCUT2D eigenvalue weighted by Crippen LogP contribution is 1.83. The highest BCUT2D eigenvalue weighted by Gasteiger charge is 1.86. The molecule has 0 unspecified atom stereocenters. The highest BCUT2D eigenvalue weighted by atomic mass is 16.1. The summed E-state index contributed by atoms with van der Waals surface area (Å²) in [6, 6.07) is 0. The molecule has 0 fully saturated rings. The van der Waals surface area contributed by atoms with Gasteiger partial charge in [0.05, 0.1) is 0 Å². The van der Waals surface area contributed by atoms with Crippen LogP contribution in [0.1, 0.15) is 13.8 Å². The first-order valence-corrected chi connectivity index (χ1v) is 1.70. The average Bonchev–Trinajstić information content (AvgIpc) is 1.36. The minimum Gasteiger partial charge on any atom is -0.295 e. The van der Waals surface area contributed by atoms with Gasteiger partial charge in [-0.1, -0.05) is 0 Å². The number of ketones is 1. The summed E-state index contributed by atoms with van der Waals surface area (Å²) in [6.45, 7) is 9.45. The Hall–Kier alpha value is -0.590. The lowest BCUT2D eigenvalue weighted by Crippen LogP contribution is -1.86. The fourth-order valence-corrected chi connectivity index (χ4v) is 0. The number of rotatable bonds is 1. The summed E-state index contributed by atoms with van der Waals surface area (Å²) in [5, 5.41) is 0. The lowest BCUT2D eigenvalue weighted by molar-refractivity contribution is -0.113. The van der Waals surface area contributed by atoms with E-state index in [2.05, 4.69) is 0 Å². The van der Waals surface area contributed by atoms with E-state index >= 15 is 0 Å². The molecular weight excluding hydrogens is 76.1 g/mol. The molecular formula is C5H6O. The van der Waals surface area contributed by atoms with Crippen molar-refractivity contribution in [2.45, 2.75) is 13.8 Å². The van der Waals surface area contributed by atoms with Crippen molar-refractivity contribution >= 4 is 5.78 Å². The number of carbonyl (C=O) groups excluding carboxylic acids is 1. The van der Waals surface area contributed by atoms with Gasteiger partial charge >= 0.3 is 0 Å². The van der Waals surface area contributed by atoms with Crippen LogP contribution in [0.25, 0.3) is 0 Å². The van der Waals surface area contributed by atoms with E-state index in [0.29, 0.717) is 0 Å². The fraction of sp³-hybridized carbons (Fsp3) is 0.400. The van der Waals surface area contributed by atoms with Crippen LogP contribution in [-0.2, 0) is 4.79 Å². The Kier molecular flexibility index (Phi) is 1.58. The van der Waals surface area contributed by atoms with Crippen molar-refractivity contribution in [3.8, 4) is 0 Å². The minimum absolute atomic E-state index is 0.120. The molecule has 2 radical (unpaired) electrons. The van der Waals surface area contributed by atoms with Crippen LogP contribution in [-0.4, -0.2) is 5.78 Å². The summed E-state index contributed by atoms with van der Waals surface area (Å²) in [6.07, 6.45) is 0. The van der Waals surface area contributed by atoms with E-state index in [0.717, 1.165) is 0 Å². The predicted molar refractivity (Wildman–Crippen MR) is 23.1 cm³/mol. The summed E-state index contributed by atoms with van der Waals surface area (Å²) in [4.78, 5) is 9.92. The van der Waals surface area contributed by atoms with Crippen LogP contribution in [0.5, 0.6) is 0 Å². The lowest BCUT2D eigenvalue weighted by atomic mass is 10.3. The molecule has 0 aliphatic rings. The molecule has 0 aromatic rings. The Morgan fingerprint density at radius 2 is 1.67 bits per heavy atom. The lowest BCUT2D eigenvalue weighted by Gasteiger charge is -1.79. The van der Waals surface area contributed by atoms with Gasteiger partial charge < -0.3 is 0 Å². The smallest absolute Gasteiger partial charge is 0.156 e. The minimum atomic E-state index is -0.157. The predicted octanol–water partition coefficient (Wildman–Crippen LogP) is 0.832. The van der Waals surface area contributed by atoms with Crippen LogP contribution in [0.3, 0.4) is 0 Å². The van der Waals surface area contributed by atoms with E-state index in [1.165, 1.54) is 13.8 Å². The summed E-state index contributed by atoms with van der Waals surface area (Å²) < 4.78 is 0. The molecule has 6 heavy (non-hydrogen) atoms. The van der Waals surface area contributed by atoms with Crippen molar-refractivity contribution in [3.63, 3.8) is 0 Å². The van der Waals surface area contributed by atoms with Gasteiger partial charge in [-0.2, -0.15) is 0 Å². The zero-order valence-electron chi connectivity index (χ0n) is 3.91. The van der Waals surface area contributed by atoms with Crippen LogP contribution in [0, 0.1) is 6.58 Å². The molecule has 0 rings (SSSR count). The maximum absolute atomic E-state index is 9.92. The van der Waals surface area contributed by atoms with Crippen molar-refractivity contribution in [2.24, 2.45) is 0 Å². The molecule has 0 N–H and O–H groups in total. The van der Waals surface area contributed by atoms with E-state index in [1.807, 2.05) is 0 Å². The van der Waals surface area contributed by atoms with E-state index in [-0.39, 0.29) is 11.4 Å². The standard InChI is InChI=1S/C5H6O/c1-4(2)5(3)6/h1,3H3. The first-order chi connectivity index (χ1) is 2.64. The fourth-order valence-electron chi connectivity index (χ4n) is 0. The van der Waals surface area contributed by atoms with Gasteiger partial charge in [0.1, 0.15) is 0 Å². The Morgan fingerprint density at radius 1 is 1.50 bits per heavy atom. The van der Waals surface area contributed by atoms with Gasteiger partial charge in [-0.15, -0.1) is 0 Å². The van der Waals surface area contributed by atoms with Crippen LogP contribution in [0.15, 0.2) is 5.57 Å². The van der Waals surface area contributed by atoms with Crippen molar-refractivity contribution in [1.82, 2.24) is 0 Å². The quantitative estimate of drug-likeness (QED) is 0.428. The normalized spacial score (nSPS) is 7.67. The zero-order chi connectivity index (χ0) is 5.15. The largest absolute Gasteiger partial charge is 0.295 e. The van der Waals surface area contributed by atoms with Gasteiger partial charge in [-0.25, -0.2) is 0 Å². The van der Waals surface area contributed by atoms with E-state index in [9.17, 15) is 4.79 Å². The molecule has 0 spiro atoms. The van der Waals surface area contributed by atoms with Gasteiger partial charge in [0.25, 0.3) is 0 Å². The Bertz CT molecular complexity index is 69.9. The van der Waals surface area contributed by atoms with Crippen molar-refractivity contribution < 1.29 is 4.79 Å². The van der Waals surface area contributed by atoms with Crippen molar-refractivity contribution in [2.75, 3.05) is 0 Å². The first kappa shape index (κ1) is 5.41. The maximum Gasteiger partial charge on any atom is 0.156 e. The van der Waals surface area contributed by atoms with Crippen LogP contribution < -0.4 is 0 Å². The monoisotopic (exact) mass is 82.0 g/mol. The molecule has 0 aliphatic heterocycles. The van der Waals surface area contributed by atoms with Gasteiger partial charge in [-0.3, -0.25) is 4.79 Å². The molecule has 0 aliphatic carbocycles. The number of hydrogen-bond donors (Lipinski definition) is 0. The van der Waals surface area contributed by atoms with Crippen molar-refractivity contribution in [3.05, 3.63) is 12.2 Å². The number of Topliss-reactive ketones (excluding diaryl/α,β-unsaturated/α-hetero) is 1. The zero-order valence-corrected chi connectivity index (χ0v) is 3.91. The number of carbonyl (C=O) groups is 1. The molecule has 0 heterocycles. The van der Waals surface area contributed by atoms with Crippen LogP contribution in [0.4, 0.5) is 0 Å². The summed E-state index contributed by atoms with van der Waals surface area (Å²) in [5.41, 5.74) is 0.120. The Balaban J connectivity index is 3.57. The molecule has 0 saturated heterocycles. The second kappa shape index (κ2) is 1.75. The average molecular weight is 82.1 g/mol. The molecule has 0 bridgehead atoms. The Labute approximate surface area is 37.7 Å². The van der Waals surface area contributed by atoms with Crippen LogP contribution in [0.2, 0.25) is 0 Å². The first-order valence-electron chi connectivity index (χ1n) is 1.70. The second-order valence-electron chi connectivity index (χ2n) is 1.18. The summed E-state index contributed by atoms with van der Waals surface area (Å²) in [5.74, 6) is -0.157. The van der Waals surface area contributed by atoms with Gasteiger partial charge in [0.15, 0.2) is 5.78 Å². The molecule has 0 atom stereocenters. The molecule has 32 valence electrons. The third-order valence-corrected chi connectivity index (χ3v) is 0.528. The maximum atomic E-state index is 9.92. The molecule has 0 amide bonds. The Morgan fingerprint density at radius 3 is 1.67 bits per heavy atom. The van der Waals surface area contributed by atoms with E-state index < -0.39 is 0 Å². The number of allylic oxidation sites excluding steroid dienone is 1. The molecule has 0 aromatic carbocycles. The molecule has 1 nitrogen and oxygen atoms in total. The van der Waals surface area contributed by atoms with Gasteiger partial charge in [0.2, 0.25) is 0 Å². The topological polar surface area (TPSA) is 17.1 Å². The molecule has 0 saturated carbocycles.